The number of hydrogen-bond donors (Lipinski definition) is 2. The van der Waals surface area contributed by atoms with Crippen LogP contribution in [0.3, 0.4) is 0 Å². The molecule has 3 rings (SSSR count). The zero-order chi connectivity index (χ0) is 14.7. The van der Waals surface area contributed by atoms with Crippen LogP contribution in [0.5, 0.6) is 0 Å². The predicted molar refractivity (Wildman–Crippen MR) is 82.7 cm³/mol. The minimum Gasteiger partial charge on any atom is -0.386 e. The summed E-state index contributed by atoms with van der Waals surface area (Å²) in [7, 11) is 0. The van der Waals surface area contributed by atoms with E-state index in [0.29, 0.717) is 18.8 Å². The Morgan fingerprint density at radius 1 is 0.952 bits per heavy atom. The minimum atomic E-state index is -1.08. The van der Waals surface area contributed by atoms with Crippen molar-refractivity contribution < 1.29 is 10.2 Å². The number of rotatable bonds is 2. The largest absolute Gasteiger partial charge is 0.386 e. The van der Waals surface area contributed by atoms with Crippen molar-refractivity contribution in [3.8, 4) is 11.8 Å². The Morgan fingerprint density at radius 3 is 2.14 bits per heavy atom. The summed E-state index contributed by atoms with van der Waals surface area (Å²) in [6, 6.07) is 19.6. The maximum atomic E-state index is 10.4. The molecule has 1 aliphatic rings. The summed E-state index contributed by atoms with van der Waals surface area (Å²) in [6.45, 7) is 0. The highest BCUT2D eigenvalue weighted by atomic mass is 16.3. The van der Waals surface area contributed by atoms with Gasteiger partial charge in [-0.2, -0.15) is 0 Å². The summed E-state index contributed by atoms with van der Waals surface area (Å²) in [5, 5.41) is 20.6. The van der Waals surface area contributed by atoms with Crippen LogP contribution >= 0.6 is 0 Å². The van der Waals surface area contributed by atoms with Gasteiger partial charge < -0.3 is 10.2 Å². The van der Waals surface area contributed by atoms with Crippen molar-refractivity contribution in [1.82, 2.24) is 0 Å². The van der Waals surface area contributed by atoms with Crippen LogP contribution in [0.1, 0.15) is 29.9 Å². The second-order valence-electron chi connectivity index (χ2n) is 5.66. The van der Waals surface area contributed by atoms with Crippen LogP contribution in [0, 0.1) is 11.8 Å². The van der Waals surface area contributed by atoms with E-state index < -0.39 is 11.7 Å². The summed E-state index contributed by atoms with van der Waals surface area (Å²) >= 11 is 0. The van der Waals surface area contributed by atoms with E-state index in [4.69, 9.17) is 0 Å². The van der Waals surface area contributed by atoms with E-state index in [1.165, 1.54) is 5.56 Å². The number of hydrogen-bond acceptors (Lipinski definition) is 2. The Balaban J connectivity index is 1.64. The maximum Gasteiger partial charge on any atom is 0.143 e. The standard InChI is InChI=1S/C19H18O2/c20-18(12-11-15-7-3-1-4-8-15)19(21)13-17(14-19)16-9-5-2-6-10-16/h1-10,17-18,20-21H,13-14H2. The van der Waals surface area contributed by atoms with Gasteiger partial charge in [-0.05, 0) is 36.5 Å². The summed E-state index contributed by atoms with van der Waals surface area (Å²) in [5.74, 6) is 5.99. The molecule has 2 N–H and O–H groups in total. The molecule has 0 bridgehead atoms. The van der Waals surface area contributed by atoms with Gasteiger partial charge in [0.1, 0.15) is 11.7 Å². The lowest BCUT2D eigenvalue weighted by molar-refractivity contribution is -0.114. The molecular weight excluding hydrogens is 260 g/mol. The Morgan fingerprint density at radius 2 is 1.52 bits per heavy atom. The van der Waals surface area contributed by atoms with Gasteiger partial charge >= 0.3 is 0 Å². The monoisotopic (exact) mass is 278 g/mol. The highest BCUT2D eigenvalue weighted by Crippen LogP contribution is 2.46. The fourth-order valence-electron chi connectivity index (χ4n) is 2.79. The third kappa shape index (κ3) is 3.00. The van der Waals surface area contributed by atoms with Crippen molar-refractivity contribution in [2.24, 2.45) is 0 Å². The fraction of sp³-hybridized carbons (Fsp3) is 0.263. The average Bonchev–Trinajstić information content (AvgIpc) is 2.51. The first-order chi connectivity index (χ1) is 10.2. The number of aliphatic hydroxyl groups excluding tert-OH is 1. The van der Waals surface area contributed by atoms with Gasteiger partial charge in [0.25, 0.3) is 0 Å². The van der Waals surface area contributed by atoms with E-state index in [-0.39, 0.29) is 0 Å². The molecule has 1 atom stereocenters. The van der Waals surface area contributed by atoms with Crippen molar-refractivity contribution in [1.29, 1.82) is 0 Å². The van der Waals surface area contributed by atoms with Crippen LogP contribution in [0.15, 0.2) is 60.7 Å². The molecule has 0 heterocycles. The average molecular weight is 278 g/mol. The van der Waals surface area contributed by atoms with Crippen LogP contribution in [-0.2, 0) is 0 Å². The quantitative estimate of drug-likeness (QED) is 0.829. The van der Waals surface area contributed by atoms with E-state index in [1.807, 2.05) is 48.5 Å². The third-order valence-electron chi connectivity index (χ3n) is 4.11. The van der Waals surface area contributed by atoms with Gasteiger partial charge in [0.15, 0.2) is 0 Å². The molecule has 21 heavy (non-hydrogen) atoms. The molecule has 2 heteroatoms. The van der Waals surface area contributed by atoms with E-state index in [1.54, 1.807) is 0 Å². The molecule has 0 amide bonds. The molecule has 2 aromatic carbocycles. The SMILES string of the molecule is OC(C#Cc1ccccc1)C1(O)CC(c2ccccc2)C1. The lowest BCUT2D eigenvalue weighted by Gasteiger charge is -2.45. The smallest absolute Gasteiger partial charge is 0.143 e. The molecule has 2 aromatic rings. The first-order valence-corrected chi connectivity index (χ1v) is 7.19. The van der Waals surface area contributed by atoms with Crippen LogP contribution < -0.4 is 0 Å². The lowest BCUT2D eigenvalue weighted by atomic mass is 9.65. The second kappa shape index (κ2) is 5.73. The molecule has 2 nitrogen and oxygen atoms in total. The third-order valence-corrected chi connectivity index (χ3v) is 4.11. The van der Waals surface area contributed by atoms with Crippen molar-refractivity contribution in [2.75, 3.05) is 0 Å². The van der Waals surface area contributed by atoms with Crippen LogP contribution in [-0.4, -0.2) is 21.9 Å². The second-order valence-corrected chi connectivity index (χ2v) is 5.66. The Kier molecular flexibility index (Phi) is 3.79. The van der Waals surface area contributed by atoms with Gasteiger partial charge in [0.05, 0.1) is 0 Å². The Labute approximate surface area is 125 Å². The first kappa shape index (κ1) is 13.9. The molecule has 0 radical (unpaired) electrons. The molecule has 1 fully saturated rings. The topological polar surface area (TPSA) is 40.5 Å². The minimum absolute atomic E-state index is 0.310. The molecule has 1 aliphatic carbocycles. The molecule has 106 valence electrons. The zero-order valence-corrected chi connectivity index (χ0v) is 11.7. The van der Waals surface area contributed by atoms with E-state index in [9.17, 15) is 10.2 Å². The summed E-state index contributed by atoms with van der Waals surface area (Å²) in [4.78, 5) is 0. The first-order valence-electron chi connectivity index (χ1n) is 7.19. The summed E-state index contributed by atoms with van der Waals surface area (Å²) in [5.41, 5.74) is 0.979. The van der Waals surface area contributed by atoms with E-state index in [0.717, 1.165) is 5.56 Å². The van der Waals surface area contributed by atoms with Gasteiger partial charge in [-0.15, -0.1) is 0 Å². The highest BCUT2D eigenvalue weighted by Gasteiger charge is 2.47. The van der Waals surface area contributed by atoms with Crippen LogP contribution in [0.2, 0.25) is 0 Å². The highest BCUT2D eigenvalue weighted by molar-refractivity contribution is 5.36. The summed E-state index contributed by atoms with van der Waals surface area (Å²) < 4.78 is 0. The van der Waals surface area contributed by atoms with Gasteiger partial charge in [0, 0.05) is 5.56 Å². The van der Waals surface area contributed by atoms with E-state index in [2.05, 4.69) is 24.0 Å². The zero-order valence-electron chi connectivity index (χ0n) is 11.7. The molecule has 1 saturated carbocycles. The van der Waals surface area contributed by atoms with Gasteiger partial charge in [-0.1, -0.05) is 60.4 Å². The van der Waals surface area contributed by atoms with Gasteiger partial charge in [-0.3, -0.25) is 0 Å². The lowest BCUT2D eigenvalue weighted by Crippen LogP contribution is -2.51. The predicted octanol–water partition coefficient (Wildman–Crippen LogP) is 2.71. The van der Waals surface area contributed by atoms with Crippen LogP contribution in [0.4, 0.5) is 0 Å². The van der Waals surface area contributed by atoms with Gasteiger partial charge in [-0.25, -0.2) is 0 Å². The maximum absolute atomic E-state index is 10.4. The fourth-order valence-corrected chi connectivity index (χ4v) is 2.79. The van der Waals surface area contributed by atoms with Crippen LogP contribution in [0.25, 0.3) is 0 Å². The van der Waals surface area contributed by atoms with E-state index >= 15 is 0 Å². The molecule has 0 aromatic heterocycles. The molecule has 0 spiro atoms. The Hall–Kier alpha value is -2.08. The number of aliphatic hydroxyl groups is 2. The number of benzene rings is 2. The normalized spacial score (nSPS) is 25.3. The molecule has 0 saturated heterocycles. The van der Waals surface area contributed by atoms with Crippen molar-refractivity contribution in [2.45, 2.75) is 30.5 Å². The molecule has 0 aliphatic heterocycles. The Bertz CT molecular complexity index is 646. The summed E-state index contributed by atoms with van der Waals surface area (Å²) in [6.07, 6.45) is 0.112. The van der Waals surface area contributed by atoms with Crippen molar-refractivity contribution in [3.05, 3.63) is 71.8 Å². The van der Waals surface area contributed by atoms with Crippen molar-refractivity contribution in [3.63, 3.8) is 0 Å². The van der Waals surface area contributed by atoms with Gasteiger partial charge in [0.2, 0.25) is 0 Å². The molecular formula is C19H18O2. The van der Waals surface area contributed by atoms with Crippen molar-refractivity contribution >= 4 is 0 Å². The molecule has 1 unspecified atom stereocenters.